The highest BCUT2D eigenvalue weighted by molar-refractivity contribution is 7.98. The van der Waals surface area contributed by atoms with Crippen LogP contribution in [0.3, 0.4) is 0 Å². The zero-order chi connectivity index (χ0) is 26.9. The molecule has 194 valence electrons. The zero-order valence-electron chi connectivity index (χ0n) is 20.6. The maximum atomic E-state index is 13.8. The Morgan fingerprint density at radius 2 is 1.57 bits per heavy atom. The first-order valence-corrected chi connectivity index (χ1v) is 12.5. The average molecular weight is 531 g/mol. The fourth-order valence-electron chi connectivity index (χ4n) is 4.51. The number of alkyl halides is 3. The van der Waals surface area contributed by atoms with Gasteiger partial charge < -0.3 is 19.7 Å². The topological polar surface area (TPSA) is 67.9 Å². The van der Waals surface area contributed by atoms with Crippen molar-refractivity contribution in [3.63, 3.8) is 0 Å². The van der Waals surface area contributed by atoms with Crippen LogP contribution in [0.5, 0.6) is 11.5 Å². The van der Waals surface area contributed by atoms with E-state index in [1.807, 2.05) is 30.5 Å². The number of ether oxygens (including phenoxy) is 2. The molecule has 0 spiro atoms. The molecule has 1 aliphatic heterocycles. The number of anilines is 1. The third kappa shape index (κ3) is 5.11. The Morgan fingerprint density at radius 3 is 2.11 bits per heavy atom. The number of carbonyl (C=O) groups is 2. The number of hydrogen-bond acceptors (Lipinski definition) is 5. The molecule has 10 heteroatoms. The summed E-state index contributed by atoms with van der Waals surface area (Å²) in [6.45, 7) is 0. The highest BCUT2D eigenvalue weighted by atomic mass is 32.2. The van der Waals surface area contributed by atoms with Crippen LogP contribution in [0, 0.1) is 0 Å². The number of benzene rings is 3. The van der Waals surface area contributed by atoms with Crippen LogP contribution < -0.4 is 14.8 Å². The molecular formula is C27H25F3N2O4S. The highest BCUT2D eigenvalue weighted by Crippen LogP contribution is 2.46. The number of likely N-dealkylation sites (N-methyl/N-ethyl adjacent to an activating group) is 1. The van der Waals surface area contributed by atoms with Gasteiger partial charge in [0.25, 0.3) is 5.91 Å². The number of fused-ring (bicyclic) bond motifs is 1. The monoisotopic (exact) mass is 530 g/mol. The molecule has 3 aromatic carbocycles. The summed E-state index contributed by atoms with van der Waals surface area (Å²) in [7, 11) is 4.52. The van der Waals surface area contributed by atoms with E-state index in [0.29, 0.717) is 17.1 Å². The van der Waals surface area contributed by atoms with Crippen molar-refractivity contribution < 1.29 is 32.2 Å². The largest absolute Gasteiger partial charge is 0.493 e. The number of rotatable bonds is 6. The molecule has 0 aliphatic carbocycles. The van der Waals surface area contributed by atoms with Gasteiger partial charge in [0.2, 0.25) is 5.91 Å². The van der Waals surface area contributed by atoms with Crippen LogP contribution in [-0.2, 0) is 11.0 Å². The molecule has 2 amide bonds. The molecule has 0 saturated carbocycles. The standard InChI is InChI=1S/C27H25F3N2O4S/c1-32-24(15-5-11-18(37-4)12-6-15)23(19-13-21(35-2)22(36-3)14-20(19)26(32)34)25(33)31-17-9-7-16(8-10-17)27(28,29)30/h5-14,23-24H,1-4H3,(H,31,33)/t23-,24-/m1/s1. The number of carbonyl (C=O) groups excluding carboxylic acids is 2. The Balaban J connectivity index is 1.82. The Morgan fingerprint density at radius 1 is 0.973 bits per heavy atom. The molecule has 0 saturated heterocycles. The number of thioether (sulfide) groups is 1. The molecule has 0 bridgehead atoms. The molecule has 37 heavy (non-hydrogen) atoms. The number of halogens is 3. The van der Waals surface area contributed by atoms with Crippen molar-refractivity contribution >= 4 is 29.3 Å². The molecule has 2 atom stereocenters. The number of hydrogen-bond donors (Lipinski definition) is 1. The van der Waals surface area contributed by atoms with Crippen LogP contribution in [0.15, 0.2) is 65.6 Å². The van der Waals surface area contributed by atoms with Gasteiger partial charge in [0.1, 0.15) is 0 Å². The van der Waals surface area contributed by atoms with Crippen LogP contribution in [0.4, 0.5) is 18.9 Å². The minimum Gasteiger partial charge on any atom is -0.493 e. The minimum atomic E-state index is -4.49. The molecule has 0 unspecified atom stereocenters. The second kappa shape index (κ2) is 10.4. The molecule has 1 heterocycles. The first-order chi connectivity index (χ1) is 17.6. The van der Waals surface area contributed by atoms with Gasteiger partial charge in [-0.1, -0.05) is 12.1 Å². The van der Waals surface area contributed by atoms with Crippen LogP contribution in [0.1, 0.15) is 39.0 Å². The van der Waals surface area contributed by atoms with E-state index < -0.39 is 29.6 Å². The summed E-state index contributed by atoms with van der Waals surface area (Å²) in [6.07, 6.45) is -2.54. The number of methoxy groups -OCH3 is 2. The molecule has 3 aromatic rings. The Bertz CT molecular complexity index is 1310. The lowest BCUT2D eigenvalue weighted by Gasteiger charge is -2.40. The van der Waals surface area contributed by atoms with E-state index in [1.165, 1.54) is 31.3 Å². The Kier molecular flexibility index (Phi) is 7.40. The summed E-state index contributed by atoms with van der Waals surface area (Å²) in [5.41, 5.74) is 0.842. The summed E-state index contributed by atoms with van der Waals surface area (Å²) in [5.74, 6) is -0.977. The molecule has 0 aromatic heterocycles. The zero-order valence-corrected chi connectivity index (χ0v) is 21.4. The number of nitrogens with zero attached hydrogens (tertiary/aromatic N) is 1. The predicted molar refractivity (Wildman–Crippen MR) is 135 cm³/mol. The molecule has 1 aliphatic rings. The molecular weight excluding hydrogens is 505 g/mol. The van der Waals surface area contributed by atoms with Gasteiger partial charge in [0.05, 0.1) is 31.7 Å². The minimum absolute atomic E-state index is 0.205. The lowest BCUT2D eigenvalue weighted by Crippen LogP contribution is -2.44. The van der Waals surface area contributed by atoms with Crippen molar-refractivity contribution in [2.75, 3.05) is 32.8 Å². The molecule has 1 N–H and O–H groups in total. The fourth-order valence-corrected chi connectivity index (χ4v) is 4.92. The molecule has 6 nitrogen and oxygen atoms in total. The molecule has 0 radical (unpaired) electrons. The highest BCUT2D eigenvalue weighted by Gasteiger charge is 2.43. The summed E-state index contributed by atoms with van der Waals surface area (Å²) in [4.78, 5) is 29.7. The van der Waals surface area contributed by atoms with Crippen LogP contribution >= 0.6 is 11.8 Å². The van der Waals surface area contributed by atoms with Gasteiger partial charge >= 0.3 is 6.18 Å². The van der Waals surface area contributed by atoms with E-state index in [9.17, 15) is 22.8 Å². The van der Waals surface area contributed by atoms with Crippen LogP contribution in [0.2, 0.25) is 0 Å². The Labute approximate surface area is 216 Å². The van der Waals surface area contributed by atoms with Gasteiger partial charge in [-0.25, -0.2) is 0 Å². The van der Waals surface area contributed by atoms with Crippen molar-refractivity contribution in [2.45, 2.75) is 23.0 Å². The van der Waals surface area contributed by atoms with Crippen molar-refractivity contribution in [3.05, 3.63) is 82.9 Å². The van der Waals surface area contributed by atoms with Crippen molar-refractivity contribution in [3.8, 4) is 11.5 Å². The van der Waals surface area contributed by atoms with Gasteiger partial charge in [0, 0.05) is 23.2 Å². The normalized spacial score (nSPS) is 17.3. The van der Waals surface area contributed by atoms with Gasteiger partial charge in [-0.3, -0.25) is 9.59 Å². The van der Waals surface area contributed by atoms with Crippen molar-refractivity contribution in [2.24, 2.45) is 0 Å². The maximum absolute atomic E-state index is 13.8. The molecule has 4 rings (SSSR count). The third-order valence-corrected chi connectivity index (χ3v) is 7.14. The first-order valence-electron chi connectivity index (χ1n) is 11.2. The quantitative estimate of drug-likeness (QED) is 0.397. The summed E-state index contributed by atoms with van der Waals surface area (Å²) < 4.78 is 49.8. The van der Waals surface area contributed by atoms with Gasteiger partial charge in [-0.2, -0.15) is 13.2 Å². The SMILES string of the molecule is COc1cc2c(cc1OC)[C@@H](C(=O)Nc1ccc(C(F)(F)F)cc1)[C@@H](c1ccc(SC)cc1)N(C)C2=O. The van der Waals surface area contributed by atoms with Gasteiger partial charge in [-0.15, -0.1) is 11.8 Å². The van der Waals surface area contributed by atoms with E-state index in [4.69, 9.17) is 9.47 Å². The van der Waals surface area contributed by atoms with Crippen molar-refractivity contribution in [1.82, 2.24) is 4.90 Å². The van der Waals surface area contributed by atoms with Crippen LogP contribution in [0.25, 0.3) is 0 Å². The summed E-state index contributed by atoms with van der Waals surface area (Å²) in [6, 6.07) is 14.3. The van der Waals surface area contributed by atoms with E-state index >= 15 is 0 Å². The van der Waals surface area contributed by atoms with E-state index in [-0.39, 0.29) is 17.2 Å². The van der Waals surface area contributed by atoms with Gasteiger partial charge in [-0.05, 0) is 65.9 Å². The predicted octanol–water partition coefficient (Wildman–Crippen LogP) is 5.99. The number of nitrogens with one attached hydrogen (secondary N) is 1. The van der Waals surface area contributed by atoms with Crippen LogP contribution in [-0.4, -0.2) is 44.2 Å². The smallest absolute Gasteiger partial charge is 0.416 e. The van der Waals surface area contributed by atoms with E-state index in [1.54, 1.807) is 30.9 Å². The second-order valence-electron chi connectivity index (χ2n) is 8.47. The Hall–Kier alpha value is -3.66. The second-order valence-corrected chi connectivity index (χ2v) is 9.35. The summed E-state index contributed by atoms with van der Waals surface area (Å²) in [5, 5.41) is 2.73. The fraction of sp³-hybridized carbons (Fsp3) is 0.259. The average Bonchev–Trinajstić information content (AvgIpc) is 2.89. The van der Waals surface area contributed by atoms with Gasteiger partial charge in [0.15, 0.2) is 11.5 Å². The lowest BCUT2D eigenvalue weighted by molar-refractivity contribution is -0.137. The van der Waals surface area contributed by atoms with E-state index in [0.717, 1.165) is 22.6 Å². The lowest BCUT2D eigenvalue weighted by atomic mass is 9.79. The van der Waals surface area contributed by atoms with Crippen molar-refractivity contribution in [1.29, 1.82) is 0 Å². The maximum Gasteiger partial charge on any atom is 0.416 e. The molecule has 0 fully saturated rings. The van der Waals surface area contributed by atoms with E-state index in [2.05, 4.69) is 5.32 Å². The third-order valence-electron chi connectivity index (χ3n) is 6.39. The first kappa shape index (κ1) is 26.4. The summed E-state index contributed by atoms with van der Waals surface area (Å²) >= 11 is 1.56. The number of amides is 2.